The van der Waals surface area contributed by atoms with Crippen LogP contribution in [0.2, 0.25) is 0 Å². The number of carbonyl (C=O) groups excluding carboxylic acids is 1. The summed E-state index contributed by atoms with van der Waals surface area (Å²) in [6, 6.07) is 21.0. The zero-order valence-electron chi connectivity index (χ0n) is 18.0. The fourth-order valence-electron chi connectivity index (χ4n) is 4.43. The van der Waals surface area contributed by atoms with Crippen LogP contribution in [0.25, 0.3) is 21.0 Å². The molecule has 1 aliphatic heterocycles. The van der Waals surface area contributed by atoms with E-state index in [4.69, 9.17) is 4.98 Å². The number of amides is 1. The normalized spacial score (nSPS) is 14.7. The predicted molar refractivity (Wildman–Crippen MR) is 130 cm³/mol. The number of para-hydroxylation sites is 1. The summed E-state index contributed by atoms with van der Waals surface area (Å²) in [6.45, 7) is 7.59. The van der Waals surface area contributed by atoms with Crippen molar-refractivity contribution >= 4 is 43.4 Å². The van der Waals surface area contributed by atoms with Gasteiger partial charge in [-0.05, 0) is 33.9 Å². The van der Waals surface area contributed by atoms with Gasteiger partial charge in [0.15, 0.2) is 5.13 Å². The number of carbonyl (C=O) groups is 1. The van der Waals surface area contributed by atoms with Gasteiger partial charge in [-0.2, -0.15) is 0 Å². The van der Waals surface area contributed by atoms with Crippen LogP contribution in [0.15, 0.2) is 60.7 Å². The van der Waals surface area contributed by atoms with E-state index in [1.165, 1.54) is 21.0 Å². The van der Waals surface area contributed by atoms with Gasteiger partial charge in [0.05, 0.1) is 16.6 Å². The average molecular weight is 430 g/mol. The highest BCUT2D eigenvalue weighted by Crippen LogP contribution is 2.33. The molecule has 1 aromatic heterocycles. The molecule has 0 atom stereocenters. The Hall–Kier alpha value is -2.92. The maximum atomic E-state index is 13.0. The molecule has 0 N–H and O–H groups in total. The minimum Gasteiger partial charge on any atom is -0.345 e. The van der Waals surface area contributed by atoms with Crippen LogP contribution in [0, 0.1) is 0 Å². The van der Waals surface area contributed by atoms with Crippen molar-refractivity contribution in [3.8, 4) is 0 Å². The second-order valence-electron chi connectivity index (χ2n) is 8.53. The topological polar surface area (TPSA) is 36.4 Å². The van der Waals surface area contributed by atoms with E-state index in [-0.39, 0.29) is 5.91 Å². The van der Waals surface area contributed by atoms with E-state index in [1.807, 2.05) is 23.1 Å². The average Bonchev–Trinajstić information content (AvgIpc) is 3.24. The van der Waals surface area contributed by atoms with Crippen molar-refractivity contribution in [3.05, 3.63) is 71.8 Å². The lowest BCUT2D eigenvalue weighted by molar-refractivity contribution is -0.130. The van der Waals surface area contributed by atoms with Crippen LogP contribution in [0.1, 0.15) is 30.9 Å². The highest BCUT2D eigenvalue weighted by Gasteiger charge is 2.24. The molecule has 0 aliphatic carbocycles. The van der Waals surface area contributed by atoms with Crippen molar-refractivity contribution in [2.24, 2.45) is 0 Å². The highest BCUT2D eigenvalue weighted by atomic mass is 32.1. The van der Waals surface area contributed by atoms with Crippen LogP contribution in [0.3, 0.4) is 0 Å². The number of rotatable bonds is 4. The smallest absolute Gasteiger partial charge is 0.227 e. The molecule has 0 unspecified atom stereocenters. The molecule has 0 bridgehead atoms. The van der Waals surface area contributed by atoms with Crippen molar-refractivity contribution < 1.29 is 4.79 Å². The minimum absolute atomic E-state index is 0.211. The molecule has 0 radical (unpaired) electrons. The van der Waals surface area contributed by atoms with E-state index in [0.29, 0.717) is 12.3 Å². The second-order valence-corrected chi connectivity index (χ2v) is 9.54. The SMILES string of the molecule is CC(C)c1cccc2sc(N3CCN(C(=O)Cc4cccc5ccccc45)CC3)nc12. The van der Waals surface area contributed by atoms with Gasteiger partial charge in [-0.1, -0.05) is 79.8 Å². The number of piperazine rings is 1. The molecule has 158 valence electrons. The van der Waals surface area contributed by atoms with E-state index in [2.05, 4.69) is 61.2 Å². The van der Waals surface area contributed by atoms with Gasteiger partial charge in [-0.3, -0.25) is 4.79 Å². The van der Waals surface area contributed by atoms with Crippen LogP contribution >= 0.6 is 11.3 Å². The number of thiazole rings is 1. The zero-order valence-corrected chi connectivity index (χ0v) is 18.9. The molecule has 0 saturated carbocycles. The third-order valence-electron chi connectivity index (χ3n) is 6.19. The van der Waals surface area contributed by atoms with Crippen molar-refractivity contribution in [2.75, 3.05) is 31.1 Å². The summed E-state index contributed by atoms with van der Waals surface area (Å²) in [5, 5.41) is 3.44. The van der Waals surface area contributed by atoms with E-state index in [0.717, 1.165) is 42.4 Å². The molecule has 1 aliphatic rings. The van der Waals surface area contributed by atoms with Crippen molar-refractivity contribution in [3.63, 3.8) is 0 Å². The largest absolute Gasteiger partial charge is 0.345 e. The summed E-state index contributed by atoms with van der Waals surface area (Å²) < 4.78 is 1.25. The van der Waals surface area contributed by atoms with Gasteiger partial charge in [0.2, 0.25) is 5.91 Å². The first-order chi connectivity index (χ1) is 15.1. The number of hydrogen-bond donors (Lipinski definition) is 0. The summed E-state index contributed by atoms with van der Waals surface area (Å²) in [4.78, 5) is 22.3. The Bertz CT molecular complexity index is 1230. The van der Waals surface area contributed by atoms with Gasteiger partial charge >= 0.3 is 0 Å². The first-order valence-corrected chi connectivity index (χ1v) is 11.8. The molecule has 1 saturated heterocycles. The first kappa shape index (κ1) is 20.0. The highest BCUT2D eigenvalue weighted by molar-refractivity contribution is 7.22. The van der Waals surface area contributed by atoms with Gasteiger partial charge in [-0.25, -0.2) is 4.98 Å². The molecule has 2 heterocycles. The third-order valence-corrected chi connectivity index (χ3v) is 7.27. The van der Waals surface area contributed by atoms with Gasteiger partial charge in [0.25, 0.3) is 0 Å². The predicted octanol–water partition coefficient (Wildman–Crippen LogP) is 5.46. The summed E-state index contributed by atoms with van der Waals surface area (Å²) >= 11 is 1.76. The van der Waals surface area contributed by atoms with Crippen molar-refractivity contribution in [1.29, 1.82) is 0 Å². The Morgan fingerprint density at radius 3 is 2.52 bits per heavy atom. The molecule has 1 amide bonds. The lowest BCUT2D eigenvalue weighted by atomic mass is 10.0. The summed E-state index contributed by atoms with van der Waals surface area (Å²) in [5.41, 5.74) is 3.55. The number of hydrogen-bond acceptors (Lipinski definition) is 4. The van der Waals surface area contributed by atoms with E-state index in [1.54, 1.807) is 11.3 Å². The standard InChI is InChI=1S/C26H27N3OS/c1-18(2)21-11-6-12-23-25(21)27-26(31-23)29-15-13-28(14-16-29)24(30)17-20-9-5-8-19-7-3-4-10-22(19)20/h3-12,18H,13-17H2,1-2H3. The van der Waals surface area contributed by atoms with E-state index in [9.17, 15) is 4.79 Å². The molecule has 4 nitrogen and oxygen atoms in total. The van der Waals surface area contributed by atoms with Gasteiger partial charge in [0, 0.05) is 26.2 Å². The summed E-state index contributed by atoms with van der Waals surface area (Å²) in [6.07, 6.45) is 0.459. The Morgan fingerprint density at radius 1 is 0.968 bits per heavy atom. The Kier molecular flexibility index (Phi) is 5.36. The van der Waals surface area contributed by atoms with Crippen LogP contribution in [-0.4, -0.2) is 42.0 Å². The van der Waals surface area contributed by atoms with Gasteiger partial charge in [-0.15, -0.1) is 0 Å². The third kappa shape index (κ3) is 3.90. The quantitative estimate of drug-likeness (QED) is 0.432. The molecule has 0 spiro atoms. The van der Waals surface area contributed by atoms with Crippen LogP contribution in [0.5, 0.6) is 0 Å². The number of fused-ring (bicyclic) bond motifs is 2. The molecule has 3 aromatic carbocycles. The lowest BCUT2D eigenvalue weighted by Crippen LogP contribution is -2.49. The molecular formula is C26H27N3OS. The number of anilines is 1. The van der Waals surface area contributed by atoms with Crippen LogP contribution in [0.4, 0.5) is 5.13 Å². The second kappa shape index (κ2) is 8.31. The summed E-state index contributed by atoms with van der Waals surface area (Å²) in [5.74, 6) is 0.671. The maximum Gasteiger partial charge on any atom is 0.227 e. The number of aromatic nitrogens is 1. The minimum atomic E-state index is 0.211. The molecular weight excluding hydrogens is 402 g/mol. The fourth-order valence-corrected chi connectivity index (χ4v) is 5.48. The molecule has 1 fully saturated rings. The monoisotopic (exact) mass is 429 g/mol. The van der Waals surface area contributed by atoms with Crippen LogP contribution in [-0.2, 0) is 11.2 Å². The number of nitrogens with zero attached hydrogens (tertiary/aromatic N) is 3. The van der Waals surface area contributed by atoms with E-state index >= 15 is 0 Å². The lowest BCUT2D eigenvalue weighted by Gasteiger charge is -2.34. The van der Waals surface area contributed by atoms with Crippen molar-refractivity contribution in [2.45, 2.75) is 26.2 Å². The summed E-state index contributed by atoms with van der Waals surface area (Å²) in [7, 11) is 0. The number of benzene rings is 3. The van der Waals surface area contributed by atoms with Crippen LogP contribution < -0.4 is 4.90 Å². The molecule has 31 heavy (non-hydrogen) atoms. The van der Waals surface area contributed by atoms with E-state index < -0.39 is 0 Å². The fraction of sp³-hybridized carbons (Fsp3) is 0.308. The van der Waals surface area contributed by atoms with Gasteiger partial charge < -0.3 is 9.80 Å². The zero-order chi connectivity index (χ0) is 21.4. The molecule has 5 rings (SSSR count). The Labute approximate surface area is 187 Å². The van der Waals surface area contributed by atoms with Gasteiger partial charge in [0.1, 0.15) is 0 Å². The molecule has 5 heteroatoms. The first-order valence-electron chi connectivity index (χ1n) is 11.0. The maximum absolute atomic E-state index is 13.0. The molecule has 4 aromatic rings. The Balaban J connectivity index is 1.27. The Morgan fingerprint density at radius 2 is 1.71 bits per heavy atom. The van der Waals surface area contributed by atoms with Crippen molar-refractivity contribution in [1.82, 2.24) is 9.88 Å².